The summed E-state index contributed by atoms with van der Waals surface area (Å²) in [5.41, 5.74) is 1.91. The molecule has 0 bridgehead atoms. The number of rotatable bonds is 5. The molecule has 2 rings (SSSR count). The van der Waals surface area contributed by atoms with Gasteiger partial charge in [-0.2, -0.15) is 0 Å². The van der Waals surface area contributed by atoms with E-state index in [-0.39, 0.29) is 6.61 Å². The molecule has 0 amide bonds. The average molecular weight is 282 g/mol. The molecular formula is C18H18O3. The fraction of sp³-hybridized carbons (Fsp3) is 0.222. The van der Waals surface area contributed by atoms with E-state index in [4.69, 9.17) is 14.6 Å². The molecule has 0 aliphatic rings. The molecule has 0 radical (unpaired) electrons. The zero-order valence-electron chi connectivity index (χ0n) is 12.0. The number of hydrogen-bond donors (Lipinski definition) is 1. The van der Waals surface area contributed by atoms with Crippen LogP contribution in [-0.4, -0.2) is 18.3 Å². The summed E-state index contributed by atoms with van der Waals surface area (Å²) in [6.45, 7) is 2.95. The number of aliphatic hydroxyl groups excluding tert-OH is 1. The molecule has 0 spiro atoms. The smallest absolute Gasteiger partial charge is 0.120 e. The zero-order chi connectivity index (χ0) is 14.9. The van der Waals surface area contributed by atoms with Crippen LogP contribution in [0.1, 0.15) is 18.1 Å². The summed E-state index contributed by atoms with van der Waals surface area (Å²) in [6.07, 6.45) is 0. The second-order valence-corrected chi connectivity index (χ2v) is 4.35. The highest BCUT2D eigenvalue weighted by molar-refractivity contribution is 5.37. The van der Waals surface area contributed by atoms with E-state index in [1.54, 1.807) is 0 Å². The topological polar surface area (TPSA) is 38.7 Å². The van der Waals surface area contributed by atoms with Crippen molar-refractivity contribution in [2.75, 3.05) is 13.2 Å². The third kappa shape index (κ3) is 4.87. The molecule has 108 valence electrons. The van der Waals surface area contributed by atoms with Crippen LogP contribution >= 0.6 is 0 Å². The Morgan fingerprint density at radius 3 is 2.38 bits per heavy atom. The Kier molecular flexibility index (Phi) is 5.69. The molecule has 1 N–H and O–H groups in total. The summed E-state index contributed by atoms with van der Waals surface area (Å²) in [5, 5.41) is 8.70. The highest BCUT2D eigenvalue weighted by Crippen LogP contribution is 2.18. The molecule has 0 atom stereocenters. The molecular weight excluding hydrogens is 264 g/mol. The van der Waals surface area contributed by atoms with Crippen molar-refractivity contribution in [1.29, 1.82) is 0 Å². The van der Waals surface area contributed by atoms with Gasteiger partial charge in [-0.05, 0) is 48.9 Å². The highest BCUT2D eigenvalue weighted by Gasteiger charge is 1.98. The summed E-state index contributed by atoms with van der Waals surface area (Å²) in [6, 6.07) is 15.3. The largest absolute Gasteiger partial charge is 0.494 e. The molecule has 0 unspecified atom stereocenters. The first kappa shape index (κ1) is 15.0. The normalized spacial score (nSPS) is 9.62. The van der Waals surface area contributed by atoms with Gasteiger partial charge in [-0.1, -0.05) is 24.0 Å². The molecule has 0 saturated heterocycles. The fourth-order valence-electron chi connectivity index (χ4n) is 1.85. The van der Waals surface area contributed by atoms with Crippen molar-refractivity contribution in [2.45, 2.75) is 13.5 Å². The third-order valence-electron chi connectivity index (χ3n) is 2.78. The maximum atomic E-state index is 8.70. The minimum Gasteiger partial charge on any atom is -0.494 e. The number of aliphatic hydroxyl groups is 1. The van der Waals surface area contributed by atoms with Crippen LogP contribution < -0.4 is 9.47 Å². The van der Waals surface area contributed by atoms with Crippen molar-refractivity contribution in [3.8, 4) is 23.3 Å². The van der Waals surface area contributed by atoms with Gasteiger partial charge >= 0.3 is 0 Å². The van der Waals surface area contributed by atoms with E-state index in [2.05, 4.69) is 11.8 Å². The lowest BCUT2D eigenvalue weighted by Crippen LogP contribution is -1.96. The summed E-state index contributed by atoms with van der Waals surface area (Å²) in [5.74, 6) is 7.15. The van der Waals surface area contributed by atoms with E-state index < -0.39 is 0 Å². The Morgan fingerprint density at radius 1 is 1.00 bits per heavy atom. The lowest BCUT2D eigenvalue weighted by molar-refractivity contribution is 0.304. The first-order valence-corrected chi connectivity index (χ1v) is 6.86. The minimum absolute atomic E-state index is 0.132. The van der Waals surface area contributed by atoms with Crippen LogP contribution in [0.5, 0.6) is 11.5 Å². The molecule has 0 heterocycles. The van der Waals surface area contributed by atoms with Gasteiger partial charge in [0, 0.05) is 5.56 Å². The minimum atomic E-state index is -0.132. The van der Waals surface area contributed by atoms with Crippen molar-refractivity contribution in [3.63, 3.8) is 0 Å². The maximum Gasteiger partial charge on any atom is 0.120 e. The molecule has 3 heteroatoms. The standard InChI is InChI=1S/C18H18O3/c1-2-20-17-8-10-18(11-9-17)21-14-16-6-3-5-15(13-16)7-4-12-19/h3,5-6,8-11,13,19H,2,12,14H2,1H3. The lowest BCUT2D eigenvalue weighted by Gasteiger charge is -2.08. The predicted molar refractivity (Wildman–Crippen MR) is 82.3 cm³/mol. The van der Waals surface area contributed by atoms with Crippen LogP contribution in [0.15, 0.2) is 48.5 Å². The highest BCUT2D eigenvalue weighted by atomic mass is 16.5. The summed E-state index contributed by atoms with van der Waals surface area (Å²) in [4.78, 5) is 0. The number of benzene rings is 2. The average Bonchev–Trinajstić information content (AvgIpc) is 2.53. The molecule has 0 saturated carbocycles. The summed E-state index contributed by atoms with van der Waals surface area (Å²) < 4.78 is 11.1. The van der Waals surface area contributed by atoms with Gasteiger partial charge < -0.3 is 14.6 Å². The second-order valence-electron chi connectivity index (χ2n) is 4.35. The van der Waals surface area contributed by atoms with Gasteiger partial charge in [0.2, 0.25) is 0 Å². The first-order chi connectivity index (χ1) is 10.3. The number of hydrogen-bond acceptors (Lipinski definition) is 3. The van der Waals surface area contributed by atoms with E-state index in [0.29, 0.717) is 13.2 Å². The first-order valence-electron chi connectivity index (χ1n) is 6.86. The van der Waals surface area contributed by atoms with Gasteiger partial charge in [-0.25, -0.2) is 0 Å². The Hall–Kier alpha value is -2.44. The van der Waals surface area contributed by atoms with E-state index >= 15 is 0 Å². The van der Waals surface area contributed by atoms with Gasteiger partial charge in [0.05, 0.1) is 6.61 Å². The molecule has 2 aromatic rings. The van der Waals surface area contributed by atoms with E-state index in [1.807, 2.05) is 55.5 Å². The van der Waals surface area contributed by atoms with Gasteiger partial charge in [0.15, 0.2) is 0 Å². The Bertz CT molecular complexity index is 621. The van der Waals surface area contributed by atoms with Crippen LogP contribution in [-0.2, 0) is 6.61 Å². The predicted octanol–water partition coefficient (Wildman–Crippen LogP) is 3.01. The van der Waals surface area contributed by atoms with E-state index in [1.165, 1.54) is 0 Å². The molecule has 2 aromatic carbocycles. The zero-order valence-corrected chi connectivity index (χ0v) is 12.0. The van der Waals surface area contributed by atoms with Crippen LogP contribution in [0.4, 0.5) is 0 Å². The van der Waals surface area contributed by atoms with E-state index in [9.17, 15) is 0 Å². The van der Waals surface area contributed by atoms with Gasteiger partial charge in [-0.3, -0.25) is 0 Å². The van der Waals surface area contributed by atoms with Crippen molar-refractivity contribution < 1.29 is 14.6 Å². The lowest BCUT2D eigenvalue weighted by atomic mass is 10.1. The van der Waals surface area contributed by atoms with Crippen molar-refractivity contribution in [3.05, 3.63) is 59.7 Å². The van der Waals surface area contributed by atoms with Gasteiger partial charge in [0.1, 0.15) is 24.7 Å². The van der Waals surface area contributed by atoms with Gasteiger partial charge in [-0.15, -0.1) is 0 Å². The molecule has 0 aliphatic carbocycles. The molecule has 0 fully saturated rings. The monoisotopic (exact) mass is 282 g/mol. The molecule has 21 heavy (non-hydrogen) atoms. The molecule has 0 aromatic heterocycles. The summed E-state index contributed by atoms with van der Waals surface area (Å²) in [7, 11) is 0. The van der Waals surface area contributed by atoms with Crippen LogP contribution in [0.3, 0.4) is 0 Å². The van der Waals surface area contributed by atoms with E-state index in [0.717, 1.165) is 22.6 Å². The maximum absolute atomic E-state index is 8.70. The fourth-order valence-corrected chi connectivity index (χ4v) is 1.85. The quantitative estimate of drug-likeness (QED) is 0.857. The Balaban J connectivity index is 1.96. The van der Waals surface area contributed by atoms with Crippen LogP contribution in [0.25, 0.3) is 0 Å². The SMILES string of the molecule is CCOc1ccc(OCc2cccc(C#CCO)c2)cc1. The molecule has 0 aliphatic heterocycles. The Morgan fingerprint density at radius 2 is 1.71 bits per heavy atom. The van der Waals surface area contributed by atoms with Gasteiger partial charge in [0.25, 0.3) is 0 Å². The number of ether oxygens (including phenoxy) is 2. The van der Waals surface area contributed by atoms with Crippen molar-refractivity contribution in [1.82, 2.24) is 0 Å². The Labute approximate surface area is 125 Å². The van der Waals surface area contributed by atoms with Crippen molar-refractivity contribution in [2.24, 2.45) is 0 Å². The van der Waals surface area contributed by atoms with Crippen molar-refractivity contribution >= 4 is 0 Å². The second kappa shape index (κ2) is 7.98. The third-order valence-corrected chi connectivity index (χ3v) is 2.78. The molecule has 3 nitrogen and oxygen atoms in total. The van der Waals surface area contributed by atoms with Crippen LogP contribution in [0, 0.1) is 11.8 Å². The summed E-state index contributed by atoms with van der Waals surface area (Å²) >= 11 is 0. The van der Waals surface area contributed by atoms with Crippen LogP contribution in [0.2, 0.25) is 0 Å².